The van der Waals surface area contributed by atoms with Gasteiger partial charge < -0.3 is 5.32 Å². The third-order valence-corrected chi connectivity index (χ3v) is 4.03. The van der Waals surface area contributed by atoms with Gasteiger partial charge in [0.2, 0.25) is 5.91 Å². The van der Waals surface area contributed by atoms with E-state index >= 15 is 0 Å². The molecule has 0 saturated heterocycles. The topological polar surface area (TPSA) is 108 Å². The van der Waals surface area contributed by atoms with Crippen molar-refractivity contribution in [2.24, 2.45) is 0 Å². The average Bonchev–Trinajstić information content (AvgIpc) is 3.19. The zero-order valence-electron chi connectivity index (χ0n) is 15.1. The fourth-order valence-corrected chi connectivity index (χ4v) is 2.75. The van der Waals surface area contributed by atoms with Crippen molar-refractivity contribution in [2.45, 2.75) is 33.4 Å². The van der Waals surface area contributed by atoms with Crippen LogP contribution in [0, 0.1) is 24.0 Å². The van der Waals surface area contributed by atoms with Crippen LogP contribution in [0.3, 0.4) is 0 Å². The molecule has 0 aliphatic rings. The third-order valence-electron chi connectivity index (χ3n) is 4.03. The lowest BCUT2D eigenvalue weighted by Crippen LogP contribution is -2.14. The molecule has 1 N–H and O–H groups in total. The molecular formula is C18H20N6O3. The van der Waals surface area contributed by atoms with Crippen molar-refractivity contribution in [2.75, 3.05) is 5.32 Å². The molecule has 0 bridgehead atoms. The Kier molecular flexibility index (Phi) is 5.30. The van der Waals surface area contributed by atoms with E-state index in [1.807, 2.05) is 25.1 Å². The van der Waals surface area contributed by atoms with E-state index < -0.39 is 4.92 Å². The molecule has 2 heterocycles. The highest BCUT2D eigenvalue weighted by Gasteiger charge is 2.15. The van der Waals surface area contributed by atoms with Gasteiger partial charge in [-0.1, -0.05) is 29.8 Å². The largest absolute Gasteiger partial charge is 0.323 e. The van der Waals surface area contributed by atoms with E-state index in [2.05, 4.69) is 21.6 Å². The molecule has 1 amide bonds. The second-order valence-corrected chi connectivity index (χ2v) is 6.33. The molecule has 9 nitrogen and oxygen atoms in total. The SMILES string of the molecule is Cc1cccc(Cn2cc(NC(=O)CCn3cc([N+](=O)[O-])c(C)n3)cn2)c1. The molecule has 0 spiro atoms. The minimum Gasteiger partial charge on any atom is -0.323 e. The van der Waals surface area contributed by atoms with Gasteiger partial charge in [-0.2, -0.15) is 10.2 Å². The van der Waals surface area contributed by atoms with Crippen LogP contribution in [-0.4, -0.2) is 30.4 Å². The first-order valence-electron chi connectivity index (χ1n) is 8.47. The standard InChI is InChI=1S/C18H20N6O3/c1-13-4-3-5-15(8-13)10-23-11-16(9-19-23)20-18(25)6-7-22-12-17(24(26)27)14(2)21-22/h3-5,8-9,11-12H,6-7,10H2,1-2H3,(H,20,25). The maximum absolute atomic E-state index is 12.1. The number of rotatable bonds is 7. The molecule has 0 radical (unpaired) electrons. The van der Waals surface area contributed by atoms with Crippen molar-refractivity contribution in [1.29, 1.82) is 0 Å². The lowest BCUT2D eigenvalue weighted by molar-refractivity contribution is -0.385. The van der Waals surface area contributed by atoms with Crippen LogP contribution in [0.2, 0.25) is 0 Å². The third kappa shape index (κ3) is 4.78. The molecule has 27 heavy (non-hydrogen) atoms. The summed E-state index contributed by atoms with van der Waals surface area (Å²) in [6.45, 7) is 4.48. The van der Waals surface area contributed by atoms with Crippen LogP contribution in [0.15, 0.2) is 42.9 Å². The lowest BCUT2D eigenvalue weighted by Gasteiger charge is -2.04. The summed E-state index contributed by atoms with van der Waals surface area (Å²) >= 11 is 0. The molecule has 0 unspecified atom stereocenters. The Morgan fingerprint density at radius 3 is 2.78 bits per heavy atom. The maximum Gasteiger partial charge on any atom is 0.309 e. The molecule has 3 rings (SSSR count). The van der Waals surface area contributed by atoms with Crippen molar-refractivity contribution < 1.29 is 9.72 Å². The molecule has 9 heteroatoms. The number of aromatic nitrogens is 4. The van der Waals surface area contributed by atoms with Crippen LogP contribution in [0.25, 0.3) is 0 Å². The molecule has 3 aromatic rings. The van der Waals surface area contributed by atoms with Crippen LogP contribution >= 0.6 is 0 Å². The summed E-state index contributed by atoms with van der Waals surface area (Å²) in [4.78, 5) is 22.4. The highest BCUT2D eigenvalue weighted by atomic mass is 16.6. The summed E-state index contributed by atoms with van der Waals surface area (Å²) in [7, 11) is 0. The Balaban J connectivity index is 1.53. The van der Waals surface area contributed by atoms with Crippen molar-refractivity contribution in [3.05, 3.63) is 69.8 Å². The molecule has 0 saturated carbocycles. The van der Waals surface area contributed by atoms with Gasteiger partial charge in [-0.25, -0.2) is 0 Å². The van der Waals surface area contributed by atoms with E-state index in [4.69, 9.17) is 0 Å². The number of nitrogens with zero attached hydrogens (tertiary/aromatic N) is 5. The summed E-state index contributed by atoms with van der Waals surface area (Å²) in [5.74, 6) is -0.207. The Hall–Kier alpha value is -3.49. The van der Waals surface area contributed by atoms with Gasteiger partial charge in [0.05, 0.1) is 23.4 Å². The number of carbonyl (C=O) groups excluding carboxylic acids is 1. The van der Waals surface area contributed by atoms with Gasteiger partial charge in [-0.3, -0.25) is 24.3 Å². The van der Waals surface area contributed by atoms with E-state index in [1.165, 1.54) is 16.4 Å². The van der Waals surface area contributed by atoms with Crippen molar-refractivity contribution in [3.8, 4) is 0 Å². The van der Waals surface area contributed by atoms with Crippen molar-refractivity contribution in [3.63, 3.8) is 0 Å². The van der Waals surface area contributed by atoms with E-state index in [-0.39, 0.29) is 24.6 Å². The Morgan fingerprint density at radius 1 is 1.26 bits per heavy atom. The number of nitrogens with one attached hydrogen (secondary N) is 1. The molecule has 2 aromatic heterocycles. The van der Waals surface area contributed by atoms with Crippen LogP contribution in [0.5, 0.6) is 0 Å². The van der Waals surface area contributed by atoms with Crippen LogP contribution in [0.1, 0.15) is 23.2 Å². The second-order valence-electron chi connectivity index (χ2n) is 6.33. The normalized spacial score (nSPS) is 10.7. The van der Waals surface area contributed by atoms with Gasteiger partial charge in [0.15, 0.2) is 0 Å². The summed E-state index contributed by atoms with van der Waals surface area (Å²) in [6.07, 6.45) is 4.85. The number of nitro groups is 1. The van der Waals surface area contributed by atoms with Gasteiger partial charge in [0, 0.05) is 19.2 Å². The van der Waals surface area contributed by atoms with Gasteiger partial charge in [-0.05, 0) is 19.4 Å². The number of carbonyl (C=O) groups is 1. The molecule has 140 valence electrons. The molecular weight excluding hydrogens is 348 g/mol. The first-order chi connectivity index (χ1) is 12.9. The van der Waals surface area contributed by atoms with E-state index in [1.54, 1.807) is 24.0 Å². The highest BCUT2D eigenvalue weighted by Crippen LogP contribution is 2.15. The van der Waals surface area contributed by atoms with Crippen molar-refractivity contribution in [1.82, 2.24) is 19.6 Å². The Labute approximate surface area is 155 Å². The zero-order valence-corrected chi connectivity index (χ0v) is 15.1. The molecule has 0 atom stereocenters. The number of hydrogen-bond acceptors (Lipinski definition) is 5. The molecule has 0 fully saturated rings. The summed E-state index contributed by atoms with van der Waals surface area (Å²) in [5.41, 5.74) is 3.20. The number of amides is 1. The van der Waals surface area contributed by atoms with E-state index in [0.717, 1.165) is 5.56 Å². The lowest BCUT2D eigenvalue weighted by atomic mass is 10.1. The summed E-state index contributed by atoms with van der Waals surface area (Å²) < 4.78 is 3.17. The Bertz CT molecular complexity index is 975. The monoisotopic (exact) mass is 368 g/mol. The maximum atomic E-state index is 12.1. The number of aryl methyl sites for hydroxylation is 3. The Morgan fingerprint density at radius 2 is 2.07 bits per heavy atom. The van der Waals surface area contributed by atoms with Crippen LogP contribution in [-0.2, 0) is 17.9 Å². The molecule has 0 aliphatic heterocycles. The average molecular weight is 368 g/mol. The quantitative estimate of drug-likeness (QED) is 0.509. The van der Waals surface area contributed by atoms with Crippen molar-refractivity contribution >= 4 is 17.3 Å². The molecule has 0 aliphatic carbocycles. The minimum absolute atomic E-state index is 0.0483. The smallest absolute Gasteiger partial charge is 0.309 e. The van der Waals surface area contributed by atoms with Gasteiger partial charge in [0.25, 0.3) is 0 Å². The van der Waals surface area contributed by atoms with E-state index in [0.29, 0.717) is 17.9 Å². The number of anilines is 1. The molecule has 1 aromatic carbocycles. The van der Waals surface area contributed by atoms with Gasteiger partial charge in [0.1, 0.15) is 11.9 Å². The van der Waals surface area contributed by atoms with Gasteiger partial charge in [-0.15, -0.1) is 0 Å². The predicted molar refractivity (Wildman–Crippen MR) is 99.4 cm³/mol. The van der Waals surface area contributed by atoms with Gasteiger partial charge >= 0.3 is 5.69 Å². The van der Waals surface area contributed by atoms with Crippen LogP contribution < -0.4 is 5.32 Å². The van der Waals surface area contributed by atoms with E-state index in [9.17, 15) is 14.9 Å². The first-order valence-corrected chi connectivity index (χ1v) is 8.47. The number of benzene rings is 1. The number of hydrogen-bond donors (Lipinski definition) is 1. The zero-order chi connectivity index (χ0) is 19.4. The highest BCUT2D eigenvalue weighted by molar-refractivity contribution is 5.90. The predicted octanol–water partition coefficient (Wildman–Crippen LogP) is 2.68. The summed E-state index contributed by atoms with van der Waals surface area (Å²) in [5, 5.41) is 21.9. The fourth-order valence-electron chi connectivity index (χ4n) is 2.75. The minimum atomic E-state index is -0.485. The second kappa shape index (κ2) is 7.81. The van der Waals surface area contributed by atoms with Crippen LogP contribution in [0.4, 0.5) is 11.4 Å². The first kappa shape index (κ1) is 18.3. The summed E-state index contributed by atoms with van der Waals surface area (Å²) in [6, 6.07) is 8.15. The fraction of sp³-hybridized carbons (Fsp3) is 0.278.